The van der Waals surface area contributed by atoms with E-state index in [-0.39, 0.29) is 36.4 Å². The average Bonchev–Trinajstić information content (AvgIpc) is 2.65. The molecule has 1 aromatic carbocycles. The minimum absolute atomic E-state index is 0.0888. The van der Waals surface area contributed by atoms with Gasteiger partial charge < -0.3 is 19.5 Å². The third kappa shape index (κ3) is 5.75. The summed E-state index contributed by atoms with van der Waals surface area (Å²) in [5, 5.41) is 9.68. The lowest BCUT2D eigenvalue weighted by Gasteiger charge is -2.47. The van der Waals surface area contributed by atoms with E-state index in [0.717, 1.165) is 11.1 Å². The Kier molecular flexibility index (Phi) is 7.49. The van der Waals surface area contributed by atoms with Gasteiger partial charge in [-0.05, 0) is 29.4 Å². The van der Waals surface area contributed by atoms with Crippen LogP contribution in [0.3, 0.4) is 0 Å². The van der Waals surface area contributed by atoms with Gasteiger partial charge in [-0.15, -0.1) is 0 Å². The second-order valence-electron chi connectivity index (χ2n) is 8.26. The Balaban J connectivity index is 2.09. The molecule has 1 aliphatic rings. The molecular formula is C22H31NO5. The van der Waals surface area contributed by atoms with E-state index in [1.54, 1.807) is 13.4 Å². The summed E-state index contributed by atoms with van der Waals surface area (Å²) < 4.78 is 10.6. The zero-order chi connectivity index (χ0) is 20.7. The van der Waals surface area contributed by atoms with Crippen LogP contribution in [-0.2, 0) is 20.9 Å². The van der Waals surface area contributed by atoms with Crippen molar-refractivity contribution in [3.05, 3.63) is 47.7 Å². The van der Waals surface area contributed by atoms with Crippen molar-refractivity contribution in [2.45, 2.75) is 52.7 Å². The highest BCUT2D eigenvalue weighted by Crippen LogP contribution is 2.41. The fourth-order valence-corrected chi connectivity index (χ4v) is 4.00. The SMILES string of the molecule is COC=C1CCN(C(=O)O)C(C(C)(C)C)C1CCC(=O)OCc1ccccc1. The van der Waals surface area contributed by atoms with Crippen LogP contribution >= 0.6 is 0 Å². The van der Waals surface area contributed by atoms with Gasteiger partial charge in [-0.2, -0.15) is 0 Å². The Morgan fingerprint density at radius 3 is 2.50 bits per heavy atom. The summed E-state index contributed by atoms with van der Waals surface area (Å²) in [4.78, 5) is 25.6. The van der Waals surface area contributed by atoms with E-state index >= 15 is 0 Å². The molecule has 0 aliphatic carbocycles. The molecule has 6 nitrogen and oxygen atoms in total. The van der Waals surface area contributed by atoms with Crippen LogP contribution in [0.1, 0.15) is 45.6 Å². The number of hydrogen-bond acceptors (Lipinski definition) is 4. The molecule has 1 saturated heterocycles. The van der Waals surface area contributed by atoms with Gasteiger partial charge in [0.2, 0.25) is 0 Å². The predicted molar refractivity (Wildman–Crippen MR) is 107 cm³/mol. The minimum Gasteiger partial charge on any atom is -0.504 e. The number of rotatable bonds is 6. The smallest absolute Gasteiger partial charge is 0.407 e. The number of benzene rings is 1. The number of amides is 1. The van der Waals surface area contributed by atoms with E-state index in [9.17, 15) is 14.7 Å². The van der Waals surface area contributed by atoms with Crippen LogP contribution in [0.4, 0.5) is 4.79 Å². The number of esters is 1. The summed E-state index contributed by atoms with van der Waals surface area (Å²) in [5.41, 5.74) is 1.72. The molecule has 1 N–H and O–H groups in total. The topological polar surface area (TPSA) is 76.1 Å². The lowest BCUT2D eigenvalue weighted by atomic mass is 9.70. The van der Waals surface area contributed by atoms with E-state index < -0.39 is 6.09 Å². The Morgan fingerprint density at radius 1 is 1.25 bits per heavy atom. The van der Waals surface area contributed by atoms with Crippen LogP contribution in [0, 0.1) is 11.3 Å². The maximum Gasteiger partial charge on any atom is 0.407 e. The molecule has 0 spiro atoms. The molecule has 0 bridgehead atoms. The quantitative estimate of drug-likeness (QED) is 0.574. The fraction of sp³-hybridized carbons (Fsp3) is 0.545. The lowest BCUT2D eigenvalue weighted by Crippen LogP contribution is -2.55. The van der Waals surface area contributed by atoms with Crippen molar-refractivity contribution in [3.8, 4) is 0 Å². The lowest BCUT2D eigenvalue weighted by molar-refractivity contribution is -0.145. The van der Waals surface area contributed by atoms with Gasteiger partial charge in [-0.3, -0.25) is 4.79 Å². The molecule has 0 aromatic heterocycles. The van der Waals surface area contributed by atoms with E-state index in [1.807, 2.05) is 51.1 Å². The van der Waals surface area contributed by atoms with Gasteiger partial charge in [0.1, 0.15) is 6.61 Å². The molecule has 1 aliphatic heterocycles. The second-order valence-corrected chi connectivity index (χ2v) is 8.26. The highest BCUT2D eigenvalue weighted by Gasteiger charge is 2.43. The van der Waals surface area contributed by atoms with E-state index in [2.05, 4.69) is 0 Å². The number of piperidine rings is 1. The second kappa shape index (κ2) is 9.62. The van der Waals surface area contributed by atoms with E-state index in [1.165, 1.54) is 4.90 Å². The van der Waals surface area contributed by atoms with Crippen molar-refractivity contribution < 1.29 is 24.2 Å². The van der Waals surface area contributed by atoms with Gasteiger partial charge in [0, 0.05) is 24.9 Å². The highest BCUT2D eigenvalue weighted by atomic mass is 16.5. The van der Waals surface area contributed by atoms with Crippen molar-refractivity contribution in [1.29, 1.82) is 0 Å². The summed E-state index contributed by atoms with van der Waals surface area (Å²) in [7, 11) is 1.59. The molecule has 2 rings (SSSR count). The molecule has 28 heavy (non-hydrogen) atoms. The highest BCUT2D eigenvalue weighted by molar-refractivity contribution is 5.69. The molecule has 0 radical (unpaired) electrons. The first-order valence-electron chi connectivity index (χ1n) is 9.65. The van der Waals surface area contributed by atoms with Crippen LogP contribution in [0.2, 0.25) is 0 Å². The van der Waals surface area contributed by atoms with Crippen LogP contribution < -0.4 is 0 Å². The number of nitrogens with zero attached hydrogens (tertiary/aromatic N) is 1. The predicted octanol–water partition coefficient (Wildman–Crippen LogP) is 4.45. The van der Waals surface area contributed by atoms with Crippen LogP contribution in [-0.4, -0.2) is 41.8 Å². The van der Waals surface area contributed by atoms with Crippen molar-refractivity contribution in [1.82, 2.24) is 4.90 Å². The van der Waals surface area contributed by atoms with Crippen molar-refractivity contribution >= 4 is 12.1 Å². The standard InChI is InChI=1S/C22H31NO5/c1-22(2,3)20-18(17(15-27-4)12-13-23(20)21(25)26)10-11-19(24)28-14-16-8-6-5-7-9-16/h5-9,15,18,20H,10-14H2,1-4H3,(H,25,26). The summed E-state index contributed by atoms with van der Waals surface area (Å²) in [6.07, 6.45) is 2.15. The normalized spacial score (nSPS) is 21.4. The largest absolute Gasteiger partial charge is 0.504 e. The zero-order valence-corrected chi connectivity index (χ0v) is 17.2. The molecule has 154 valence electrons. The summed E-state index contributed by atoms with van der Waals surface area (Å²) in [5.74, 6) is -0.366. The molecule has 1 amide bonds. The Bertz CT molecular complexity index is 693. The Morgan fingerprint density at radius 2 is 1.93 bits per heavy atom. The number of carboxylic acid groups (broad SMARTS) is 1. The van der Waals surface area contributed by atoms with Crippen molar-refractivity contribution in [2.75, 3.05) is 13.7 Å². The van der Waals surface area contributed by atoms with E-state index in [4.69, 9.17) is 9.47 Å². The van der Waals surface area contributed by atoms with Gasteiger partial charge in [-0.25, -0.2) is 4.79 Å². The van der Waals surface area contributed by atoms with Crippen LogP contribution in [0.15, 0.2) is 42.2 Å². The van der Waals surface area contributed by atoms with Gasteiger partial charge >= 0.3 is 12.1 Å². The van der Waals surface area contributed by atoms with Crippen LogP contribution in [0.25, 0.3) is 0 Å². The number of likely N-dealkylation sites (tertiary alicyclic amines) is 1. The summed E-state index contributed by atoms with van der Waals surface area (Å²) in [6.45, 7) is 6.77. The maximum atomic E-state index is 12.3. The number of ether oxygens (including phenoxy) is 2. The van der Waals surface area contributed by atoms with Crippen LogP contribution in [0.5, 0.6) is 0 Å². The Labute approximate surface area is 167 Å². The monoisotopic (exact) mass is 389 g/mol. The molecule has 6 heteroatoms. The maximum absolute atomic E-state index is 12.3. The molecule has 0 saturated carbocycles. The van der Waals surface area contributed by atoms with Gasteiger partial charge in [0.25, 0.3) is 0 Å². The summed E-state index contributed by atoms with van der Waals surface area (Å²) in [6, 6.07) is 9.31. The Hall–Kier alpha value is -2.50. The van der Waals surface area contributed by atoms with Gasteiger partial charge in [-0.1, -0.05) is 51.1 Å². The first-order chi connectivity index (χ1) is 13.2. The zero-order valence-electron chi connectivity index (χ0n) is 17.2. The molecular weight excluding hydrogens is 358 g/mol. The fourth-order valence-electron chi connectivity index (χ4n) is 4.00. The third-order valence-electron chi connectivity index (χ3n) is 5.14. The molecule has 2 unspecified atom stereocenters. The number of methoxy groups -OCH3 is 1. The first kappa shape index (κ1) is 21.8. The molecule has 2 atom stereocenters. The number of carbonyl (C=O) groups is 2. The average molecular weight is 389 g/mol. The minimum atomic E-state index is -0.923. The van der Waals surface area contributed by atoms with Crippen molar-refractivity contribution in [2.24, 2.45) is 11.3 Å². The van der Waals surface area contributed by atoms with E-state index in [0.29, 0.717) is 19.4 Å². The number of carbonyl (C=O) groups excluding carboxylic acids is 1. The third-order valence-corrected chi connectivity index (χ3v) is 5.14. The first-order valence-corrected chi connectivity index (χ1v) is 9.65. The molecule has 1 heterocycles. The van der Waals surface area contributed by atoms with Gasteiger partial charge in [0.05, 0.1) is 13.4 Å². The summed E-state index contributed by atoms with van der Waals surface area (Å²) >= 11 is 0. The van der Waals surface area contributed by atoms with Crippen molar-refractivity contribution in [3.63, 3.8) is 0 Å². The molecule has 1 aromatic rings. The van der Waals surface area contributed by atoms with Gasteiger partial charge in [0.15, 0.2) is 0 Å². The molecule has 1 fully saturated rings. The number of hydrogen-bond donors (Lipinski definition) is 1.